The fourth-order valence-electron chi connectivity index (χ4n) is 2.99. The van der Waals surface area contributed by atoms with Crippen LogP contribution in [-0.2, 0) is 7.05 Å². The summed E-state index contributed by atoms with van der Waals surface area (Å²) in [5.74, 6) is -0.744. The van der Waals surface area contributed by atoms with E-state index < -0.39 is 5.82 Å². The van der Waals surface area contributed by atoms with Gasteiger partial charge in [0.15, 0.2) is 11.6 Å². The molecule has 0 fully saturated rings. The smallest absolute Gasteiger partial charge is 0.165 e. The molecule has 2 aromatic carbocycles. The van der Waals surface area contributed by atoms with Crippen LogP contribution in [0, 0.1) is 11.6 Å². The Kier molecular flexibility index (Phi) is 6.21. The van der Waals surface area contributed by atoms with Gasteiger partial charge in [0.1, 0.15) is 18.1 Å². The summed E-state index contributed by atoms with van der Waals surface area (Å²) in [6.07, 6.45) is 5.63. The molecule has 28 heavy (non-hydrogen) atoms. The van der Waals surface area contributed by atoms with E-state index in [4.69, 9.17) is 4.74 Å². The number of halogens is 2. The molecular formula is C22H23F2N3O. The Morgan fingerprint density at radius 2 is 1.96 bits per heavy atom. The van der Waals surface area contributed by atoms with Crippen LogP contribution in [0.2, 0.25) is 0 Å². The predicted molar refractivity (Wildman–Crippen MR) is 108 cm³/mol. The summed E-state index contributed by atoms with van der Waals surface area (Å²) in [5.41, 5.74) is 1.57. The first-order valence-corrected chi connectivity index (χ1v) is 8.99. The zero-order chi connectivity index (χ0) is 20.1. The van der Waals surface area contributed by atoms with Crippen LogP contribution >= 0.6 is 0 Å². The average molecular weight is 383 g/mol. The van der Waals surface area contributed by atoms with Gasteiger partial charge in [-0.2, -0.15) is 5.10 Å². The van der Waals surface area contributed by atoms with Crippen molar-refractivity contribution in [2.75, 3.05) is 26.7 Å². The van der Waals surface area contributed by atoms with E-state index in [0.717, 1.165) is 13.1 Å². The number of likely N-dealkylation sites (N-methyl/N-ethyl adjacent to an activating group) is 1. The Morgan fingerprint density at radius 3 is 2.71 bits per heavy atom. The number of aromatic nitrogens is 2. The Balaban J connectivity index is 1.73. The van der Waals surface area contributed by atoms with Crippen molar-refractivity contribution in [3.63, 3.8) is 0 Å². The van der Waals surface area contributed by atoms with E-state index in [-0.39, 0.29) is 18.2 Å². The first kappa shape index (κ1) is 19.8. The van der Waals surface area contributed by atoms with Crippen molar-refractivity contribution in [2.45, 2.75) is 0 Å². The van der Waals surface area contributed by atoms with Gasteiger partial charge in [-0.05, 0) is 37.4 Å². The minimum atomic E-state index is -0.509. The van der Waals surface area contributed by atoms with Gasteiger partial charge in [-0.1, -0.05) is 24.3 Å². The fourth-order valence-corrected chi connectivity index (χ4v) is 2.99. The van der Waals surface area contributed by atoms with Gasteiger partial charge in [0.05, 0.1) is 10.9 Å². The van der Waals surface area contributed by atoms with Gasteiger partial charge in [0.25, 0.3) is 0 Å². The molecule has 0 radical (unpaired) electrons. The maximum atomic E-state index is 14.5. The molecule has 0 saturated heterocycles. The van der Waals surface area contributed by atoms with Crippen molar-refractivity contribution in [1.82, 2.24) is 14.7 Å². The van der Waals surface area contributed by atoms with E-state index in [1.807, 2.05) is 25.3 Å². The lowest BCUT2D eigenvalue weighted by Gasteiger charge is -2.10. The van der Waals surface area contributed by atoms with Crippen molar-refractivity contribution < 1.29 is 13.5 Å². The van der Waals surface area contributed by atoms with Crippen LogP contribution in [0.4, 0.5) is 8.78 Å². The van der Waals surface area contributed by atoms with Crippen LogP contribution in [0.25, 0.3) is 22.2 Å². The summed E-state index contributed by atoms with van der Waals surface area (Å²) in [7, 11) is 3.72. The Morgan fingerprint density at radius 1 is 1.14 bits per heavy atom. The third-order valence-corrected chi connectivity index (χ3v) is 4.39. The molecule has 0 amide bonds. The van der Waals surface area contributed by atoms with Crippen LogP contribution in [0.5, 0.6) is 5.75 Å². The molecule has 1 aromatic heterocycles. The number of fused-ring (bicyclic) bond motifs is 1. The molecule has 0 bridgehead atoms. The Bertz CT molecular complexity index is 1010. The van der Waals surface area contributed by atoms with Crippen LogP contribution < -0.4 is 4.74 Å². The summed E-state index contributed by atoms with van der Waals surface area (Å²) in [4.78, 5) is 2.08. The minimum absolute atomic E-state index is 0.147. The number of nitrogens with zero attached hydrogens (tertiary/aromatic N) is 3. The number of hydrogen-bond acceptors (Lipinski definition) is 3. The van der Waals surface area contributed by atoms with Crippen LogP contribution in [0.3, 0.4) is 0 Å². The van der Waals surface area contributed by atoms with E-state index in [2.05, 4.69) is 16.6 Å². The molecule has 0 atom stereocenters. The van der Waals surface area contributed by atoms with Crippen molar-refractivity contribution in [1.29, 1.82) is 0 Å². The molecular weight excluding hydrogens is 360 g/mol. The summed E-state index contributed by atoms with van der Waals surface area (Å²) >= 11 is 0. The molecule has 0 saturated carbocycles. The van der Waals surface area contributed by atoms with E-state index >= 15 is 0 Å². The lowest BCUT2D eigenvalue weighted by molar-refractivity contribution is 0.340. The van der Waals surface area contributed by atoms with Crippen molar-refractivity contribution in [3.05, 3.63) is 72.8 Å². The third kappa shape index (κ3) is 4.28. The molecule has 0 N–H and O–H groups in total. The molecule has 3 aromatic rings. The maximum Gasteiger partial charge on any atom is 0.165 e. The lowest BCUT2D eigenvalue weighted by atomic mass is 10.1. The highest BCUT2D eigenvalue weighted by Gasteiger charge is 2.16. The molecule has 1 heterocycles. The SMILES string of the molecule is C=CCN(C)C/C=C/COc1ccc(-c2nn(C)c3cccc(F)c23)cc1F. The number of ether oxygens (including phenoxy) is 1. The molecule has 4 nitrogen and oxygen atoms in total. The highest BCUT2D eigenvalue weighted by molar-refractivity contribution is 5.93. The van der Waals surface area contributed by atoms with E-state index in [9.17, 15) is 8.78 Å². The van der Waals surface area contributed by atoms with Crippen LogP contribution in [0.15, 0.2) is 61.2 Å². The first-order valence-electron chi connectivity index (χ1n) is 8.99. The number of rotatable bonds is 8. The predicted octanol–water partition coefficient (Wildman–Crippen LogP) is 4.57. The molecule has 0 aliphatic rings. The zero-order valence-corrected chi connectivity index (χ0v) is 16.0. The molecule has 0 aliphatic heterocycles. The van der Waals surface area contributed by atoms with E-state index in [0.29, 0.717) is 22.2 Å². The number of benzene rings is 2. The summed E-state index contributed by atoms with van der Waals surface area (Å²) < 4.78 is 35.8. The normalized spacial score (nSPS) is 11.6. The molecule has 6 heteroatoms. The van der Waals surface area contributed by atoms with Crippen molar-refractivity contribution >= 4 is 10.9 Å². The fraction of sp³-hybridized carbons (Fsp3) is 0.227. The van der Waals surface area contributed by atoms with Gasteiger partial charge >= 0.3 is 0 Å². The van der Waals surface area contributed by atoms with E-state index in [1.165, 1.54) is 12.1 Å². The van der Waals surface area contributed by atoms with E-state index in [1.54, 1.807) is 36.0 Å². The Hall–Kier alpha value is -2.99. The topological polar surface area (TPSA) is 30.3 Å². The number of aryl methyl sites for hydroxylation is 1. The zero-order valence-electron chi connectivity index (χ0n) is 16.0. The first-order chi connectivity index (χ1) is 13.5. The Labute approximate surface area is 163 Å². The average Bonchev–Trinajstić information content (AvgIpc) is 3.01. The minimum Gasteiger partial charge on any atom is -0.486 e. The van der Waals surface area contributed by atoms with Crippen LogP contribution in [-0.4, -0.2) is 41.4 Å². The molecule has 3 rings (SSSR count). The van der Waals surface area contributed by atoms with Gasteiger partial charge in [-0.25, -0.2) is 8.78 Å². The highest BCUT2D eigenvalue weighted by atomic mass is 19.1. The second-order valence-corrected chi connectivity index (χ2v) is 6.54. The third-order valence-electron chi connectivity index (χ3n) is 4.39. The maximum absolute atomic E-state index is 14.5. The van der Waals surface area contributed by atoms with Crippen molar-refractivity contribution in [3.8, 4) is 17.0 Å². The van der Waals surface area contributed by atoms with Gasteiger partial charge in [-0.15, -0.1) is 6.58 Å². The second-order valence-electron chi connectivity index (χ2n) is 6.54. The van der Waals surface area contributed by atoms with Crippen molar-refractivity contribution in [2.24, 2.45) is 7.05 Å². The van der Waals surface area contributed by atoms with Gasteiger partial charge in [-0.3, -0.25) is 9.58 Å². The van der Waals surface area contributed by atoms with Gasteiger partial charge < -0.3 is 4.74 Å². The summed E-state index contributed by atoms with van der Waals surface area (Å²) in [6.45, 7) is 5.51. The highest BCUT2D eigenvalue weighted by Crippen LogP contribution is 2.32. The molecule has 0 aliphatic carbocycles. The molecule has 0 spiro atoms. The second kappa shape index (κ2) is 8.80. The lowest BCUT2D eigenvalue weighted by Crippen LogP contribution is -2.17. The standard InChI is InChI=1S/C22H23F2N3O/c1-4-12-26(2)13-5-6-14-28-20-11-10-16(15-18(20)24)22-21-17(23)8-7-9-19(21)27(3)25-22/h4-11,15H,1,12-14H2,2-3H3/b6-5+. The van der Waals surface area contributed by atoms with Gasteiger partial charge in [0, 0.05) is 25.7 Å². The van der Waals surface area contributed by atoms with Gasteiger partial charge in [0.2, 0.25) is 0 Å². The molecule has 146 valence electrons. The number of hydrogen-bond donors (Lipinski definition) is 0. The summed E-state index contributed by atoms with van der Waals surface area (Å²) in [6, 6.07) is 9.34. The monoisotopic (exact) mass is 383 g/mol. The van der Waals surface area contributed by atoms with Crippen LogP contribution in [0.1, 0.15) is 0 Å². The summed E-state index contributed by atoms with van der Waals surface area (Å²) in [5, 5.41) is 4.74. The molecule has 0 unspecified atom stereocenters. The quantitative estimate of drug-likeness (QED) is 0.534. The largest absolute Gasteiger partial charge is 0.486 e.